The second kappa shape index (κ2) is 1.72. The third-order valence-electron chi connectivity index (χ3n) is 2.78. The highest BCUT2D eigenvalue weighted by atomic mass is 16.5. The molecule has 3 saturated carbocycles. The smallest absolute Gasteiger partial charge is 0.0522 e. The van der Waals surface area contributed by atoms with Gasteiger partial charge in [0, 0.05) is 6.61 Å². The van der Waals surface area contributed by atoms with Gasteiger partial charge in [0.15, 0.2) is 0 Å². The van der Waals surface area contributed by atoms with Gasteiger partial charge < -0.3 is 4.74 Å². The topological polar surface area (TPSA) is 9.23 Å². The molecular formula is C8H14O. The summed E-state index contributed by atoms with van der Waals surface area (Å²) in [7, 11) is 0. The summed E-state index contributed by atoms with van der Waals surface area (Å²) in [6.07, 6.45) is 4.40. The molecule has 52 valence electrons. The first kappa shape index (κ1) is 5.72. The van der Waals surface area contributed by atoms with Crippen molar-refractivity contribution in [1.29, 1.82) is 0 Å². The fraction of sp³-hybridized carbons (Fsp3) is 1.00. The van der Waals surface area contributed by atoms with Crippen molar-refractivity contribution in [3.05, 3.63) is 0 Å². The number of ether oxygens (including phenoxy) is 1. The minimum Gasteiger partial charge on any atom is -0.381 e. The van der Waals surface area contributed by atoms with E-state index in [9.17, 15) is 0 Å². The van der Waals surface area contributed by atoms with Gasteiger partial charge in [0.1, 0.15) is 0 Å². The Hall–Kier alpha value is -0.0400. The summed E-state index contributed by atoms with van der Waals surface area (Å²) in [6, 6.07) is 0. The zero-order valence-electron chi connectivity index (χ0n) is 6.02. The molecule has 0 amide bonds. The Morgan fingerprint density at radius 3 is 2.44 bits per heavy atom. The summed E-state index contributed by atoms with van der Waals surface area (Å²) in [6.45, 7) is 4.01. The normalized spacial score (nSPS) is 45.7. The van der Waals surface area contributed by atoms with Crippen LogP contribution in [0.15, 0.2) is 0 Å². The summed E-state index contributed by atoms with van der Waals surface area (Å²) in [4.78, 5) is 0. The molecule has 0 saturated heterocycles. The van der Waals surface area contributed by atoms with Gasteiger partial charge in [-0.2, -0.15) is 0 Å². The first-order valence-electron chi connectivity index (χ1n) is 3.92. The maximum Gasteiger partial charge on any atom is 0.0522 e. The SMILES string of the molecule is CCOCC12CC(C1)C2. The summed E-state index contributed by atoms with van der Waals surface area (Å²) < 4.78 is 5.38. The van der Waals surface area contributed by atoms with Crippen LogP contribution < -0.4 is 0 Å². The molecule has 1 heteroatoms. The molecule has 2 bridgehead atoms. The lowest BCUT2D eigenvalue weighted by molar-refractivity contribution is -0.152. The van der Waals surface area contributed by atoms with Gasteiger partial charge in [0.25, 0.3) is 0 Å². The van der Waals surface area contributed by atoms with Crippen LogP contribution in [0, 0.1) is 11.3 Å². The zero-order chi connectivity index (χ0) is 6.32. The van der Waals surface area contributed by atoms with Crippen molar-refractivity contribution in [2.75, 3.05) is 13.2 Å². The lowest BCUT2D eigenvalue weighted by atomic mass is 9.45. The van der Waals surface area contributed by atoms with Crippen LogP contribution in [0.4, 0.5) is 0 Å². The standard InChI is InChI=1S/C8H14O/c1-2-9-6-8-3-7(4-8)5-8/h7H,2-6H2,1H3. The van der Waals surface area contributed by atoms with E-state index in [4.69, 9.17) is 4.74 Å². The summed E-state index contributed by atoms with van der Waals surface area (Å²) in [5.41, 5.74) is 0.695. The van der Waals surface area contributed by atoms with Gasteiger partial charge in [-0.15, -0.1) is 0 Å². The van der Waals surface area contributed by atoms with Crippen LogP contribution in [0.2, 0.25) is 0 Å². The average Bonchev–Trinajstić information content (AvgIpc) is 1.59. The average molecular weight is 126 g/mol. The molecule has 3 fully saturated rings. The highest BCUT2D eigenvalue weighted by Crippen LogP contribution is 2.64. The molecule has 0 radical (unpaired) electrons. The third kappa shape index (κ3) is 0.710. The van der Waals surface area contributed by atoms with Gasteiger partial charge in [-0.25, -0.2) is 0 Å². The second-order valence-corrected chi connectivity index (χ2v) is 3.62. The van der Waals surface area contributed by atoms with Crippen molar-refractivity contribution in [3.63, 3.8) is 0 Å². The molecule has 0 aromatic heterocycles. The molecule has 0 unspecified atom stereocenters. The van der Waals surface area contributed by atoms with Gasteiger partial charge in [-0.3, -0.25) is 0 Å². The van der Waals surface area contributed by atoms with Crippen LogP contribution in [-0.4, -0.2) is 13.2 Å². The predicted octanol–water partition coefficient (Wildman–Crippen LogP) is 1.82. The first-order chi connectivity index (χ1) is 4.35. The Balaban J connectivity index is 1.73. The van der Waals surface area contributed by atoms with Crippen molar-refractivity contribution in [3.8, 4) is 0 Å². The van der Waals surface area contributed by atoms with E-state index in [1.165, 1.54) is 19.3 Å². The van der Waals surface area contributed by atoms with Crippen LogP contribution >= 0.6 is 0 Å². The largest absolute Gasteiger partial charge is 0.381 e. The summed E-state index contributed by atoms with van der Waals surface area (Å²) >= 11 is 0. The van der Waals surface area contributed by atoms with E-state index in [0.717, 1.165) is 19.1 Å². The number of hydrogen-bond acceptors (Lipinski definition) is 1. The van der Waals surface area contributed by atoms with Crippen LogP contribution in [0.5, 0.6) is 0 Å². The van der Waals surface area contributed by atoms with Crippen molar-refractivity contribution < 1.29 is 4.74 Å². The second-order valence-electron chi connectivity index (χ2n) is 3.62. The minimum absolute atomic E-state index is 0.695. The minimum atomic E-state index is 0.695. The predicted molar refractivity (Wildman–Crippen MR) is 36.3 cm³/mol. The third-order valence-corrected chi connectivity index (χ3v) is 2.78. The highest BCUT2D eigenvalue weighted by Gasteiger charge is 2.56. The molecule has 1 nitrogen and oxygen atoms in total. The lowest BCUT2D eigenvalue weighted by Crippen LogP contribution is -2.54. The number of hydrogen-bond donors (Lipinski definition) is 0. The van der Waals surface area contributed by atoms with Crippen molar-refractivity contribution in [2.45, 2.75) is 26.2 Å². The molecule has 3 aliphatic rings. The van der Waals surface area contributed by atoms with Crippen molar-refractivity contribution in [2.24, 2.45) is 11.3 Å². The van der Waals surface area contributed by atoms with Crippen LogP contribution in [0.25, 0.3) is 0 Å². The Morgan fingerprint density at radius 2 is 2.11 bits per heavy atom. The fourth-order valence-corrected chi connectivity index (χ4v) is 2.15. The fourth-order valence-electron chi connectivity index (χ4n) is 2.15. The van der Waals surface area contributed by atoms with E-state index in [1.54, 1.807) is 0 Å². The molecule has 0 aromatic rings. The van der Waals surface area contributed by atoms with E-state index >= 15 is 0 Å². The van der Waals surface area contributed by atoms with Crippen molar-refractivity contribution in [1.82, 2.24) is 0 Å². The van der Waals surface area contributed by atoms with E-state index in [0.29, 0.717) is 5.41 Å². The Bertz CT molecular complexity index is 103. The van der Waals surface area contributed by atoms with E-state index in [2.05, 4.69) is 6.92 Å². The lowest BCUT2D eigenvalue weighted by Gasteiger charge is -2.61. The Kier molecular flexibility index (Phi) is 1.10. The summed E-state index contributed by atoms with van der Waals surface area (Å²) in [5, 5.41) is 0. The highest BCUT2D eigenvalue weighted by molar-refractivity contribution is 5.06. The Labute approximate surface area is 56.4 Å². The molecule has 0 aromatic carbocycles. The first-order valence-corrected chi connectivity index (χ1v) is 3.92. The molecule has 0 N–H and O–H groups in total. The van der Waals surface area contributed by atoms with E-state index < -0.39 is 0 Å². The molecular weight excluding hydrogens is 112 g/mol. The van der Waals surface area contributed by atoms with E-state index in [-0.39, 0.29) is 0 Å². The monoisotopic (exact) mass is 126 g/mol. The Morgan fingerprint density at radius 1 is 1.44 bits per heavy atom. The maximum absolute atomic E-state index is 5.38. The molecule has 3 rings (SSSR count). The molecule has 9 heavy (non-hydrogen) atoms. The molecule has 0 spiro atoms. The zero-order valence-corrected chi connectivity index (χ0v) is 6.02. The van der Waals surface area contributed by atoms with Crippen LogP contribution in [0.1, 0.15) is 26.2 Å². The van der Waals surface area contributed by atoms with Gasteiger partial charge in [-0.05, 0) is 37.5 Å². The quantitative estimate of drug-likeness (QED) is 0.560. The molecule has 0 aliphatic heterocycles. The molecule has 0 heterocycles. The van der Waals surface area contributed by atoms with Crippen LogP contribution in [-0.2, 0) is 4.74 Å². The van der Waals surface area contributed by atoms with E-state index in [1.807, 2.05) is 0 Å². The van der Waals surface area contributed by atoms with Gasteiger partial charge in [0.05, 0.1) is 6.61 Å². The molecule has 3 aliphatic carbocycles. The maximum atomic E-state index is 5.38. The van der Waals surface area contributed by atoms with Crippen LogP contribution in [0.3, 0.4) is 0 Å². The summed E-state index contributed by atoms with van der Waals surface area (Å²) in [5.74, 6) is 1.10. The van der Waals surface area contributed by atoms with Gasteiger partial charge >= 0.3 is 0 Å². The number of rotatable bonds is 3. The van der Waals surface area contributed by atoms with Gasteiger partial charge in [0.2, 0.25) is 0 Å². The van der Waals surface area contributed by atoms with Crippen molar-refractivity contribution >= 4 is 0 Å². The van der Waals surface area contributed by atoms with Gasteiger partial charge in [-0.1, -0.05) is 0 Å². The molecule has 0 atom stereocenters.